The Labute approximate surface area is 181 Å². The second kappa shape index (κ2) is 9.90. The topological polar surface area (TPSA) is 42.4 Å². The quantitative estimate of drug-likeness (QED) is 0.443. The highest BCUT2D eigenvalue weighted by Crippen LogP contribution is 2.19. The van der Waals surface area contributed by atoms with Crippen LogP contribution in [0.25, 0.3) is 0 Å². The summed E-state index contributed by atoms with van der Waals surface area (Å²) in [7, 11) is 0. The molecule has 0 aliphatic heterocycles. The Bertz CT molecular complexity index is 936. The first-order valence-electron chi connectivity index (χ1n) is 9.58. The zero-order valence-electron chi connectivity index (χ0n) is 16.9. The Balaban J connectivity index is 1.65. The third kappa shape index (κ3) is 6.31. The lowest BCUT2D eigenvalue weighted by Crippen LogP contribution is -2.33. The van der Waals surface area contributed by atoms with E-state index in [0.29, 0.717) is 36.2 Å². The molecule has 0 saturated heterocycles. The van der Waals surface area contributed by atoms with E-state index in [0.717, 1.165) is 16.5 Å². The summed E-state index contributed by atoms with van der Waals surface area (Å²) in [6.07, 6.45) is 0. The van der Waals surface area contributed by atoms with Crippen LogP contribution < -0.4 is 4.74 Å². The maximum atomic E-state index is 13.0. The first-order chi connectivity index (χ1) is 13.9. The van der Waals surface area contributed by atoms with Gasteiger partial charge in [-0.3, -0.25) is 4.79 Å². The van der Waals surface area contributed by atoms with Crippen molar-refractivity contribution in [2.45, 2.75) is 33.9 Å². The van der Waals surface area contributed by atoms with Gasteiger partial charge in [0, 0.05) is 22.5 Å². The molecule has 0 bridgehead atoms. The maximum absolute atomic E-state index is 13.0. The number of benzene rings is 2. The molecule has 0 fully saturated rings. The highest BCUT2D eigenvalue weighted by molar-refractivity contribution is 7.09. The van der Waals surface area contributed by atoms with Gasteiger partial charge < -0.3 is 9.64 Å². The molecule has 0 spiro atoms. The number of carbonyl (C=O) groups is 1. The fourth-order valence-electron chi connectivity index (χ4n) is 2.90. The van der Waals surface area contributed by atoms with Gasteiger partial charge in [0.2, 0.25) is 0 Å². The molecule has 1 heterocycles. The summed E-state index contributed by atoms with van der Waals surface area (Å²) in [5.41, 5.74) is 2.71. The zero-order chi connectivity index (χ0) is 20.8. The number of thiazole rings is 1. The Hall–Kier alpha value is -2.37. The number of hydrogen-bond acceptors (Lipinski definition) is 4. The summed E-state index contributed by atoms with van der Waals surface area (Å²) in [5, 5.41) is 3.51. The number of carbonyl (C=O) groups excluding carboxylic acids is 1. The van der Waals surface area contributed by atoms with E-state index in [1.54, 1.807) is 35.6 Å². The molecule has 3 rings (SSSR count). The molecule has 0 unspecified atom stereocenters. The van der Waals surface area contributed by atoms with Crippen molar-refractivity contribution in [2.24, 2.45) is 5.92 Å². The molecule has 0 aliphatic carbocycles. The van der Waals surface area contributed by atoms with Gasteiger partial charge in [0.15, 0.2) is 0 Å². The van der Waals surface area contributed by atoms with Crippen LogP contribution in [0.15, 0.2) is 53.9 Å². The van der Waals surface area contributed by atoms with Crippen molar-refractivity contribution < 1.29 is 9.53 Å². The first-order valence-corrected chi connectivity index (χ1v) is 10.8. The number of amides is 1. The smallest absolute Gasteiger partial charge is 0.254 e. The average Bonchev–Trinajstić information content (AvgIpc) is 3.14. The van der Waals surface area contributed by atoms with E-state index in [-0.39, 0.29) is 5.91 Å². The van der Waals surface area contributed by atoms with Crippen LogP contribution >= 0.6 is 22.9 Å². The van der Waals surface area contributed by atoms with Crippen LogP contribution in [0.1, 0.15) is 40.5 Å². The van der Waals surface area contributed by atoms with Crippen LogP contribution in [0.5, 0.6) is 5.75 Å². The first kappa shape index (κ1) is 21.3. The largest absolute Gasteiger partial charge is 0.486 e. The Morgan fingerprint density at radius 2 is 1.83 bits per heavy atom. The standard InChI is InChI=1S/C23H25ClN2O2S/c1-16(2)12-26(23(27)18-6-8-19(24)9-7-18)13-20-15-29-22(25-20)14-28-21-10-4-17(3)5-11-21/h4-11,15-16H,12-14H2,1-3H3. The van der Waals surface area contributed by atoms with Crippen LogP contribution in [-0.2, 0) is 13.2 Å². The molecular weight excluding hydrogens is 404 g/mol. The number of aryl methyl sites for hydroxylation is 1. The summed E-state index contributed by atoms with van der Waals surface area (Å²) in [5.74, 6) is 1.17. The van der Waals surface area contributed by atoms with Crippen LogP contribution in [0.4, 0.5) is 0 Å². The molecule has 1 amide bonds. The molecule has 1 aromatic heterocycles. The second-order valence-electron chi connectivity index (χ2n) is 7.42. The fraction of sp³-hybridized carbons (Fsp3) is 0.304. The summed E-state index contributed by atoms with van der Waals surface area (Å²) in [4.78, 5) is 19.5. The molecule has 29 heavy (non-hydrogen) atoms. The molecule has 0 atom stereocenters. The van der Waals surface area contributed by atoms with Gasteiger partial charge in [0.1, 0.15) is 17.4 Å². The lowest BCUT2D eigenvalue weighted by atomic mass is 10.1. The summed E-state index contributed by atoms with van der Waals surface area (Å²) >= 11 is 7.50. The lowest BCUT2D eigenvalue weighted by Gasteiger charge is -2.24. The SMILES string of the molecule is Cc1ccc(OCc2nc(CN(CC(C)C)C(=O)c3ccc(Cl)cc3)cs2)cc1. The van der Waals surface area contributed by atoms with Crippen LogP contribution in [0.3, 0.4) is 0 Å². The van der Waals surface area contributed by atoms with Crippen molar-refractivity contribution in [1.82, 2.24) is 9.88 Å². The van der Waals surface area contributed by atoms with E-state index < -0.39 is 0 Å². The molecular formula is C23H25ClN2O2S. The molecule has 2 aromatic carbocycles. The van der Waals surface area contributed by atoms with Crippen LogP contribution in [0, 0.1) is 12.8 Å². The molecule has 0 saturated carbocycles. The van der Waals surface area contributed by atoms with Gasteiger partial charge in [0.05, 0.1) is 12.2 Å². The van der Waals surface area contributed by atoms with E-state index in [2.05, 4.69) is 18.8 Å². The Morgan fingerprint density at radius 3 is 2.48 bits per heavy atom. The normalized spacial score (nSPS) is 10.9. The van der Waals surface area contributed by atoms with E-state index in [9.17, 15) is 4.79 Å². The average molecular weight is 429 g/mol. The van der Waals surface area contributed by atoms with Gasteiger partial charge in [-0.1, -0.05) is 43.1 Å². The minimum atomic E-state index is -0.0131. The predicted molar refractivity (Wildman–Crippen MR) is 119 cm³/mol. The Kier molecular flexibility index (Phi) is 7.29. The van der Waals surface area contributed by atoms with E-state index in [4.69, 9.17) is 16.3 Å². The number of ether oxygens (including phenoxy) is 1. The van der Waals surface area contributed by atoms with Gasteiger partial charge in [-0.2, -0.15) is 0 Å². The van der Waals surface area contributed by atoms with Gasteiger partial charge in [0.25, 0.3) is 5.91 Å². The minimum Gasteiger partial charge on any atom is -0.486 e. The van der Waals surface area contributed by atoms with E-state index in [1.807, 2.05) is 41.5 Å². The van der Waals surface area contributed by atoms with Gasteiger partial charge in [-0.15, -0.1) is 11.3 Å². The molecule has 3 aromatic rings. The van der Waals surface area contributed by atoms with Crippen molar-refractivity contribution in [3.05, 3.63) is 80.8 Å². The maximum Gasteiger partial charge on any atom is 0.254 e. The number of halogens is 1. The molecule has 152 valence electrons. The number of hydrogen-bond donors (Lipinski definition) is 0. The lowest BCUT2D eigenvalue weighted by molar-refractivity contribution is 0.0720. The minimum absolute atomic E-state index is 0.0131. The fourth-order valence-corrected chi connectivity index (χ4v) is 3.72. The Morgan fingerprint density at radius 1 is 1.14 bits per heavy atom. The summed E-state index contributed by atoms with van der Waals surface area (Å²) in [6.45, 7) is 7.80. The van der Waals surface area contributed by atoms with Gasteiger partial charge in [-0.05, 0) is 49.2 Å². The van der Waals surface area contributed by atoms with Crippen LogP contribution in [-0.4, -0.2) is 22.3 Å². The third-order valence-electron chi connectivity index (χ3n) is 4.30. The van der Waals surface area contributed by atoms with Crippen molar-refractivity contribution in [3.63, 3.8) is 0 Å². The van der Waals surface area contributed by atoms with E-state index in [1.165, 1.54) is 5.56 Å². The third-order valence-corrected chi connectivity index (χ3v) is 5.42. The van der Waals surface area contributed by atoms with Crippen LogP contribution in [0.2, 0.25) is 5.02 Å². The van der Waals surface area contributed by atoms with E-state index >= 15 is 0 Å². The number of aromatic nitrogens is 1. The van der Waals surface area contributed by atoms with Crippen molar-refractivity contribution in [3.8, 4) is 5.75 Å². The molecule has 0 radical (unpaired) electrons. The number of nitrogens with zero attached hydrogens (tertiary/aromatic N) is 2. The number of rotatable bonds is 8. The predicted octanol–water partition coefficient (Wildman–Crippen LogP) is 5.98. The summed E-state index contributed by atoms with van der Waals surface area (Å²) in [6, 6.07) is 15.0. The summed E-state index contributed by atoms with van der Waals surface area (Å²) < 4.78 is 5.81. The van der Waals surface area contributed by atoms with Crippen molar-refractivity contribution >= 4 is 28.8 Å². The van der Waals surface area contributed by atoms with Crippen molar-refractivity contribution in [2.75, 3.05) is 6.54 Å². The molecule has 4 nitrogen and oxygen atoms in total. The van der Waals surface area contributed by atoms with Gasteiger partial charge in [-0.25, -0.2) is 4.98 Å². The zero-order valence-corrected chi connectivity index (χ0v) is 18.5. The molecule has 0 aliphatic rings. The second-order valence-corrected chi connectivity index (χ2v) is 8.80. The van der Waals surface area contributed by atoms with Gasteiger partial charge >= 0.3 is 0 Å². The van der Waals surface area contributed by atoms with Crippen molar-refractivity contribution in [1.29, 1.82) is 0 Å². The monoisotopic (exact) mass is 428 g/mol. The highest BCUT2D eigenvalue weighted by Gasteiger charge is 2.19. The highest BCUT2D eigenvalue weighted by atomic mass is 35.5. The molecule has 6 heteroatoms. The molecule has 0 N–H and O–H groups in total.